The van der Waals surface area contributed by atoms with E-state index in [-0.39, 0.29) is 0 Å². The number of aromatic nitrogens is 2. The first-order valence-electron chi connectivity index (χ1n) is 6.27. The van der Waals surface area contributed by atoms with E-state index in [9.17, 15) is 0 Å². The molecule has 2 heterocycles. The molecular weight excluding hydrogens is 202 g/mol. The van der Waals surface area contributed by atoms with Crippen molar-refractivity contribution in [3.05, 3.63) is 17.7 Å². The monoisotopic (exact) mass is 221 g/mol. The topological polar surface area (TPSA) is 49.9 Å². The summed E-state index contributed by atoms with van der Waals surface area (Å²) in [5.41, 5.74) is 1.33. The summed E-state index contributed by atoms with van der Waals surface area (Å²) in [4.78, 5) is 7.92. The van der Waals surface area contributed by atoms with Crippen LogP contribution in [0.15, 0.2) is 6.20 Å². The van der Waals surface area contributed by atoms with E-state index in [0.29, 0.717) is 6.04 Å². The molecule has 0 aromatic carbocycles. The van der Waals surface area contributed by atoms with Crippen molar-refractivity contribution in [1.82, 2.24) is 15.3 Å². The number of nitrogens with zero attached hydrogens (tertiary/aromatic N) is 1. The van der Waals surface area contributed by atoms with Crippen LogP contribution in [0.25, 0.3) is 0 Å². The van der Waals surface area contributed by atoms with Gasteiger partial charge in [0, 0.05) is 36.8 Å². The fraction of sp³-hybridized carbons (Fsp3) is 0.750. The first kappa shape index (κ1) is 10.3. The van der Waals surface area contributed by atoms with E-state index in [2.05, 4.69) is 15.3 Å². The summed E-state index contributed by atoms with van der Waals surface area (Å²) in [5.74, 6) is 1.85. The van der Waals surface area contributed by atoms with Crippen LogP contribution in [-0.4, -0.2) is 35.8 Å². The highest BCUT2D eigenvalue weighted by Gasteiger charge is 2.22. The van der Waals surface area contributed by atoms with Crippen molar-refractivity contribution in [2.24, 2.45) is 0 Å². The summed E-state index contributed by atoms with van der Waals surface area (Å²) in [7, 11) is 0. The van der Waals surface area contributed by atoms with Gasteiger partial charge in [0.25, 0.3) is 0 Å². The van der Waals surface area contributed by atoms with Gasteiger partial charge in [-0.05, 0) is 12.8 Å². The summed E-state index contributed by atoms with van der Waals surface area (Å²) in [6.45, 7) is 2.60. The Morgan fingerprint density at radius 1 is 1.44 bits per heavy atom. The fourth-order valence-corrected chi connectivity index (χ4v) is 2.39. The van der Waals surface area contributed by atoms with Crippen LogP contribution in [-0.2, 0) is 11.2 Å². The van der Waals surface area contributed by atoms with Crippen molar-refractivity contribution < 1.29 is 4.74 Å². The zero-order chi connectivity index (χ0) is 10.8. The van der Waals surface area contributed by atoms with Crippen LogP contribution in [0.3, 0.4) is 0 Å². The predicted molar refractivity (Wildman–Crippen MR) is 61.5 cm³/mol. The normalized spacial score (nSPS) is 26.6. The second kappa shape index (κ2) is 4.55. The number of H-pyrrole nitrogens is 1. The van der Waals surface area contributed by atoms with Crippen LogP contribution < -0.4 is 5.32 Å². The minimum atomic E-state index is 0.425. The van der Waals surface area contributed by atoms with Gasteiger partial charge in [-0.3, -0.25) is 0 Å². The number of rotatable bonds is 3. The third kappa shape index (κ3) is 2.13. The Hall–Kier alpha value is -0.870. The zero-order valence-electron chi connectivity index (χ0n) is 9.54. The van der Waals surface area contributed by atoms with Crippen LogP contribution in [0.2, 0.25) is 0 Å². The molecule has 2 N–H and O–H groups in total. The lowest BCUT2D eigenvalue weighted by atomic mass is 9.83. The molecule has 1 aliphatic carbocycles. The second-order valence-electron chi connectivity index (χ2n) is 4.84. The highest BCUT2D eigenvalue weighted by atomic mass is 16.5. The van der Waals surface area contributed by atoms with Gasteiger partial charge >= 0.3 is 0 Å². The Morgan fingerprint density at radius 3 is 3.06 bits per heavy atom. The summed E-state index contributed by atoms with van der Waals surface area (Å²) < 4.78 is 5.44. The minimum absolute atomic E-state index is 0.425. The van der Waals surface area contributed by atoms with E-state index >= 15 is 0 Å². The molecule has 1 unspecified atom stereocenters. The minimum Gasteiger partial charge on any atom is -0.379 e. The molecule has 2 aliphatic rings. The number of ether oxygens (including phenoxy) is 1. The molecule has 0 radical (unpaired) electrons. The standard InChI is InChI=1S/C12H19N3O/c1-2-9(3-1)11-7-14-12(15-11)6-10-8-16-5-4-13-10/h7,9-10,13H,1-6,8H2,(H,14,15). The van der Waals surface area contributed by atoms with Gasteiger partial charge in [-0.2, -0.15) is 0 Å². The maximum Gasteiger partial charge on any atom is 0.107 e. The molecule has 16 heavy (non-hydrogen) atoms. The third-order valence-corrected chi connectivity index (χ3v) is 3.63. The van der Waals surface area contributed by atoms with Crippen LogP contribution in [0, 0.1) is 0 Å². The highest BCUT2D eigenvalue weighted by Crippen LogP contribution is 2.35. The van der Waals surface area contributed by atoms with Crippen molar-refractivity contribution in [3.63, 3.8) is 0 Å². The maximum atomic E-state index is 5.44. The predicted octanol–water partition coefficient (Wildman–Crippen LogP) is 1.21. The van der Waals surface area contributed by atoms with Crippen molar-refractivity contribution >= 4 is 0 Å². The summed E-state index contributed by atoms with van der Waals surface area (Å²) in [6, 6.07) is 0.425. The smallest absolute Gasteiger partial charge is 0.107 e. The van der Waals surface area contributed by atoms with Gasteiger partial charge in [-0.25, -0.2) is 4.98 Å². The molecular formula is C12H19N3O. The van der Waals surface area contributed by atoms with Crippen molar-refractivity contribution in [3.8, 4) is 0 Å². The SMILES string of the molecule is c1nc(CC2COCCN2)[nH]c1C1CCC1. The molecule has 2 fully saturated rings. The van der Waals surface area contributed by atoms with Gasteiger partial charge in [0.05, 0.1) is 13.2 Å². The van der Waals surface area contributed by atoms with Gasteiger partial charge < -0.3 is 15.0 Å². The van der Waals surface area contributed by atoms with Crippen molar-refractivity contribution in [2.75, 3.05) is 19.8 Å². The zero-order valence-corrected chi connectivity index (χ0v) is 9.54. The van der Waals surface area contributed by atoms with E-state index in [1.165, 1.54) is 25.0 Å². The molecule has 1 aromatic rings. The first-order chi connectivity index (χ1) is 7.92. The largest absolute Gasteiger partial charge is 0.379 e. The summed E-state index contributed by atoms with van der Waals surface area (Å²) >= 11 is 0. The quantitative estimate of drug-likeness (QED) is 0.806. The second-order valence-corrected chi connectivity index (χ2v) is 4.84. The van der Waals surface area contributed by atoms with Gasteiger partial charge in [0.15, 0.2) is 0 Å². The number of hydrogen-bond donors (Lipinski definition) is 2. The molecule has 4 nitrogen and oxygen atoms in total. The molecule has 1 aromatic heterocycles. The highest BCUT2D eigenvalue weighted by molar-refractivity contribution is 5.11. The average molecular weight is 221 g/mol. The Bertz CT molecular complexity index is 340. The van der Waals surface area contributed by atoms with E-state index in [4.69, 9.17) is 4.74 Å². The van der Waals surface area contributed by atoms with Crippen LogP contribution >= 0.6 is 0 Å². The molecule has 0 amide bonds. The summed E-state index contributed by atoms with van der Waals surface area (Å²) in [6.07, 6.45) is 6.99. The molecule has 1 aliphatic heterocycles. The van der Waals surface area contributed by atoms with Crippen LogP contribution in [0.1, 0.15) is 36.7 Å². The number of morpholine rings is 1. The van der Waals surface area contributed by atoms with Gasteiger partial charge in [0.2, 0.25) is 0 Å². The molecule has 1 saturated carbocycles. The lowest BCUT2D eigenvalue weighted by molar-refractivity contribution is 0.0764. The summed E-state index contributed by atoms with van der Waals surface area (Å²) in [5, 5.41) is 3.45. The van der Waals surface area contributed by atoms with Crippen molar-refractivity contribution in [2.45, 2.75) is 37.6 Å². The van der Waals surface area contributed by atoms with E-state index in [1.807, 2.05) is 6.20 Å². The molecule has 88 valence electrons. The molecule has 0 spiro atoms. The lowest BCUT2D eigenvalue weighted by Crippen LogP contribution is -2.42. The molecule has 1 saturated heterocycles. The van der Waals surface area contributed by atoms with Gasteiger partial charge in [0.1, 0.15) is 5.82 Å². The van der Waals surface area contributed by atoms with Gasteiger partial charge in [-0.15, -0.1) is 0 Å². The number of hydrogen-bond acceptors (Lipinski definition) is 3. The average Bonchev–Trinajstić information content (AvgIpc) is 2.65. The molecule has 4 heteroatoms. The molecule has 3 rings (SSSR count). The Labute approximate surface area is 95.8 Å². The Kier molecular flexibility index (Phi) is 2.93. The first-order valence-corrected chi connectivity index (χ1v) is 6.27. The molecule has 1 atom stereocenters. The molecule has 0 bridgehead atoms. The fourth-order valence-electron chi connectivity index (χ4n) is 2.39. The Morgan fingerprint density at radius 2 is 2.38 bits per heavy atom. The van der Waals surface area contributed by atoms with Crippen molar-refractivity contribution in [1.29, 1.82) is 0 Å². The van der Waals surface area contributed by atoms with E-state index in [1.54, 1.807) is 0 Å². The number of nitrogens with one attached hydrogen (secondary N) is 2. The number of aromatic amines is 1. The Balaban J connectivity index is 1.58. The maximum absolute atomic E-state index is 5.44. The van der Waals surface area contributed by atoms with E-state index < -0.39 is 0 Å². The lowest BCUT2D eigenvalue weighted by Gasteiger charge is -2.24. The van der Waals surface area contributed by atoms with Crippen LogP contribution in [0.5, 0.6) is 0 Å². The number of imidazole rings is 1. The van der Waals surface area contributed by atoms with E-state index in [0.717, 1.165) is 37.9 Å². The van der Waals surface area contributed by atoms with Gasteiger partial charge in [-0.1, -0.05) is 6.42 Å². The third-order valence-electron chi connectivity index (χ3n) is 3.63. The van der Waals surface area contributed by atoms with Crippen LogP contribution in [0.4, 0.5) is 0 Å².